The second-order valence-electron chi connectivity index (χ2n) is 5.99. The lowest BCUT2D eigenvalue weighted by molar-refractivity contribution is -0.116. The van der Waals surface area contributed by atoms with Crippen LogP contribution in [-0.2, 0) is 16.1 Å². The van der Waals surface area contributed by atoms with E-state index < -0.39 is 11.2 Å². The van der Waals surface area contributed by atoms with Gasteiger partial charge in [0, 0.05) is 31.3 Å². The van der Waals surface area contributed by atoms with Gasteiger partial charge in [-0.25, -0.2) is 4.79 Å². The highest BCUT2D eigenvalue weighted by Gasteiger charge is 2.10. The number of rotatable bonds is 5. The SMILES string of the molecule is CC(=O)Nc1cccc(NC(=O)CCn2c(=O)[nH]c3ccccc3c2=O)c1. The number of amides is 2. The van der Waals surface area contributed by atoms with Gasteiger partial charge >= 0.3 is 5.69 Å². The van der Waals surface area contributed by atoms with Crippen LogP contribution in [0.25, 0.3) is 10.9 Å². The van der Waals surface area contributed by atoms with Gasteiger partial charge in [0.15, 0.2) is 0 Å². The molecule has 0 spiro atoms. The Hall–Kier alpha value is -3.68. The molecule has 1 heterocycles. The van der Waals surface area contributed by atoms with Crippen molar-refractivity contribution in [1.82, 2.24) is 9.55 Å². The summed E-state index contributed by atoms with van der Waals surface area (Å²) in [5.41, 5.74) is 0.533. The van der Waals surface area contributed by atoms with Crippen LogP contribution in [-0.4, -0.2) is 21.4 Å². The Morgan fingerprint density at radius 3 is 2.44 bits per heavy atom. The zero-order chi connectivity index (χ0) is 19.4. The maximum atomic E-state index is 12.4. The van der Waals surface area contributed by atoms with Crippen molar-refractivity contribution in [3.63, 3.8) is 0 Å². The Balaban J connectivity index is 1.71. The Labute approximate surface area is 153 Å². The lowest BCUT2D eigenvalue weighted by atomic mass is 10.2. The number of nitrogens with one attached hydrogen (secondary N) is 3. The topological polar surface area (TPSA) is 113 Å². The zero-order valence-electron chi connectivity index (χ0n) is 14.6. The van der Waals surface area contributed by atoms with Crippen LogP contribution in [0.15, 0.2) is 58.1 Å². The largest absolute Gasteiger partial charge is 0.328 e. The molecule has 0 radical (unpaired) electrons. The van der Waals surface area contributed by atoms with E-state index in [2.05, 4.69) is 15.6 Å². The number of aromatic nitrogens is 2. The van der Waals surface area contributed by atoms with Gasteiger partial charge < -0.3 is 15.6 Å². The summed E-state index contributed by atoms with van der Waals surface area (Å²) in [5, 5.41) is 5.70. The molecule has 8 nitrogen and oxygen atoms in total. The Kier molecular flexibility index (Phi) is 5.16. The average molecular weight is 366 g/mol. The van der Waals surface area contributed by atoms with Crippen LogP contribution in [0.3, 0.4) is 0 Å². The summed E-state index contributed by atoms with van der Waals surface area (Å²) >= 11 is 0. The number of carbonyl (C=O) groups excluding carboxylic acids is 2. The fourth-order valence-corrected chi connectivity index (χ4v) is 2.72. The fraction of sp³-hybridized carbons (Fsp3) is 0.158. The van der Waals surface area contributed by atoms with Crippen molar-refractivity contribution < 1.29 is 9.59 Å². The lowest BCUT2D eigenvalue weighted by Crippen LogP contribution is -2.36. The van der Waals surface area contributed by atoms with E-state index in [9.17, 15) is 19.2 Å². The molecule has 0 saturated heterocycles. The number of carbonyl (C=O) groups is 2. The monoisotopic (exact) mass is 366 g/mol. The standard InChI is InChI=1S/C19H18N4O4/c1-12(24)20-13-5-4-6-14(11-13)21-17(25)9-10-23-18(26)15-7-2-3-8-16(15)22-19(23)27/h2-8,11H,9-10H2,1H3,(H,20,24)(H,21,25)(H,22,27). The van der Waals surface area contributed by atoms with Crippen LogP contribution >= 0.6 is 0 Å². The summed E-state index contributed by atoms with van der Waals surface area (Å²) in [6.45, 7) is 1.35. The molecule has 3 rings (SSSR count). The maximum Gasteiger partial charge on any atom is 0.328 e. The Morgan fingerprint density at radius 2 is 1.70 bits per heavy atom. The van der Waals surface area contributed by atoms with Crippen LogP contribution in [0.1, 0.15) is 13.3 Å². The first-order valence-corrected chi connectivity index (χ1v) is 8.33. The smallest absolute Gasteiger partial charge is 0.326 e. The number of H-pyrrole nitrogens is 1. The van der Waals surface area contributed by atoms with E-state index in [4.69, 9.17) is 0 Å². The molecular weight excluding hydrogens is 348 g/mol. The van der Waals surface area contributed by atoms with E-state index in [1.807, 2.05) is 0 Å². The summed E-state index contributed by atoms with van der Waals surface area (Å²) in [6.07, 6.45) is -0.0499. The molecule has 0 aliphatic heterocycles. The van der Waals surface area contributed by atoms with Crippen molar-refractivity contribution in [2.75, 3.05) is 10.6 Å². The second kappa shape index (κ2) is 7.69. The van der Waals surface area contributed by atoms with Crippen molar-refractivity contribution in [1.29, 1.82) is 0 Å². The van der Waals surface area contributed by atoms with Gasteiger partial charge in [0.05, 0.1) is 10.9 Å². The first-order valence-electron chi connectivity index (χ1n) is 8.33. The Bertz CT molecular complexity index is 1130. The van der Waals surface area contributed by atoms with E-state index in [0.717, 1.165) is 4.57 Å². The van der Waals surface area contributed by atoms with Crippen LogP contribution < -0.4 is 21.9 Å². The summed E-state index contributed by atoms with van der Waals surface area (Å²) in [6, 6.07) is 13.4. The van der Waals surface area contributed by atoms with E-state index >= 15 is 0 Å². The molecule has 1 aromatic heterocycles. The highest BCUT2D eigenvalue weighted by Crippen LogP contribution is 2.15. The predicted molar refractivity (Wildman–Crippen MR) is 103 cm³/mol. The summed E-state index contributed by atoms with van der Waals surface area (Å²) < 4.78 is 1.01. The number of hydrogen-bond donors (Lipinski definition) is 3. The van der Waals surface area contributed by atoms with Gasteiger partial charge in [-0.1, -0.05) is 18.2 Å². The van der Waals surface area contributed by atoms with Crippen molar-refractivity contribution in [3.05, 3.63) is 69.4 Å². The molecule has 0 unspecified atom stereocenters. The molecule has 8 heteroatoms. The zero-order valence-corrected chi connectivity index (χ0v) is 14.6. The van der Waals surface area contributed by atoms with Crippen molar-refractivity contribution in [2.45, 2.75) is 19.9 Å². The molecule has 3 aromatic rings. The maximum absolute atomic E-state index is 12.4. The van der Waals surface area contributed by atoms with E-state index in [-0.39, 0.29) is 24.8 Å². The molecule has 27 heavy (non-hydrogen) atoms. The van der Waals surface area contributed by atoms with Gasteiger partial charge in [0.1, 0.15) is 0 Å². The molecule has 2 aromatic carbocycles. The molecule has 0 fully saturated rings. The van der Waals surface area contributed by atoms with Crippen molar-refractivity contribution in [3.8, 4) is 0 Å². The molecule has 0 bridgehead atoms. The minimum atomic E-state index is -0.556. The molecule has 3 N–H and O–H groups in total. The molecule has 2 amide bonds. The molecule has 0 atom stereocenters. The van der Waals surface area contributed by atoms with Crippen molar-refractivity contribution >= 4 is 34.1 Å². The van der Waals surface area contributed by atoms with Gasteiger partial charge in [-0.3, -0.25) is 19.0 Å². The number of benzene rings is 2. The first kappa shape index (κ1) is 18.1. The summed E-state index contributed by atoms with van der Waals surface area (Å²) in [4.78, 5) is 50.5. The number of para-hydroxylation sites is 1. The van der Waals surface area contributed by atoms with Gasteiger partial charge in [0.25, 0.3) is 5.56 Å². The Morgan fingerprint density at radius 1 is 1.00 bits per heavy atom. The lowest BCUT2D eigenvalue weighted by Gasteiger charge is -2.09. The number of aromatic amines is 1. The van der Waals surface area contributed by atoms with Gasteiger partial charge in [-0.2, -0.15) is 0 Å². The van der Waals surface area contributed by atoms with Gasteiger partial charge in [-0.15, -0.1) is 0 Å². The van der Waals surface area contributed by atoms with E-state index in [1.165, 1.54) is 6.92 Å². The van der Waals surface area contributed by atoms with Gasteiger partial charge in [0.2, 0.25) is 11.8 Å². The minimum Gasteiger partial charge on any atom is -0.326 e. The molecule has 0 aliphatic carbocycles. The van der Waals surface area contributed by atoms with Crippen LogP contribution in [0.5, 0.6) is 0 Å². The summed E-state index contributed by atoms with van der Waals surface area (Å²) in [7, 11) is 0. The van der Waals surface area contributed by atoms with Crippen molar-refractivity contribution in [2.24, 2.45) is 0 Å². The number of anilines is 2. The number of nitrogens with zero attached hydrogens (tertiary/aromatic N) is 1. The first-order chi connectivity index (χ1) is 12.9. The third-order valence-corrected chi connectivity index (χ3v) is 3.92. The van der Waals surface area contributed by atoms with Crippen LogP contribution in [0, 0.1) is 0 Å². The fourth-order valence-electron chi connectivity index (χ4n) is 2.72. The second-order valence-corrected chi connectivity index (χ2v) is 5.99. The normalized spacial score (nSPS) is 10.6. The number of hydrogen-bond acceptors (Lipinski definition) is 4. The highest BCUT2D eigenvalue weighted by atomic mass is 16.2. The average Bonchev–Trinajstić information content (AvgIpc) is 2.61. The third kappa shape index (κ3) is 4.30. The predicted octanol–water partition coefficient (Wildman–Crippen LogP) is 1.68. The third-order valence-electron chi connectivity index (χ3n) is 3.92. The quantitative estimate of drug-likeness (QED) is 0.637. The molecule has 138 valence electrons. The molecule has 0 saturated carbocycles. The van der Waals surface area contributed by atoms with E-state index in [1.54, 1.807) is 48.5 Å². The molecule has 0 aliphatic rings. The van der Waals surface area contributed by atoms with Crippen LogP contribution in [0.2, 0.25) is 0 Å². The van der Waals surface area contributed by atoms with E-state index in [0.29, 0.717) is 22.3 Å². The minimum absolute atomic E-state index is 0.0454. The number of fused-ring (bicyclic) bond motifs is 1. The highest BCUT2D eigenvalue weighted by molar-refractivity contribution is 5.93. The van der Waals surface area contributed by atoms with Crippen LogP contribution in [0.4, 0.5) is 11.4 Å². The molecular formula is C19H18N4O4. The van der Waals surface area contributed by atoms with Gasteiger partial charge in [-0.05, 0) is 30.3 Å². The summed E-state index contributed by atoms with van der Waals surface area (Å²) in [5.74, 6) is -0.567.